The number of allylic oxidation sites excluding steroid dienone is 2. The van der Waals surface area contributed by atoms with Crippen molar-refractivity contribution < 1.29 is 19.4 Å². The number of carbonyl (C=O) groups excluding carboxylic acids is 1. The van der Waals surface area contributed by atoms with Crippen molar-refractivity contribution in [3.05, 3.63) is 84.0 Å². The predicted molar refractivity (Wildman–Crippen MR) is 149 cm³/mol. The Labute approximate surface area is 223 Å². The number of hydrogen-bond acceptors (Lipinski definition) is 4. The summed E-state index contributed by atoms with van der Waals surface area (Å²) in [5, 5.41) is 12.4. The van der Waals surface area contributed by atoms with Crippen LogP contribution in [-0.2, 0) is 10.2 Å². The first-order chi connectivity index (χ1) is 18.1. The van der Waals surface area contributed by atoms with Crippen molar-refractivity contribution in [3.63, 3.8) is 0 Å². The predicted octanol–water partition coefficient (Wildman–Crippen LogP) is 7.28. The molecule has 0 N–H and O–H groups in total. The average molecular weight is 504 g/mol. The highest BCUT2D eigenvalue weighted by Crippen LogP contribution is 2.39. The van der Waals surface area contributed by atoms with Crippen LogP contribution in [0.5, 0.6) is 11.5 Å². The standard InChI is InChI=1S/C33H44O4/c1-3-5-7-9-10-14-25-36-29-19-17-27(18-20-29)28-21-23-33(24-22-28,32(34)35)30-15-11-12-16-31(30)37-26-13-8-6-4-2/h11-12,15-24,28H,3-10,13-14,25-26H2,1-2H3,(H,34,35)/p-1. The Hall–Kier alpha value is -3.01. The van der Waals surface area contributed by atoms with Crippen molar-refractivity contribution in [1.29, 1.82) is 0 Å². The first-order valence-corrected chi connectivity index (χ1v) is 14.2. The number of rotatable bonds is 17. The molecule has 200 valence electrons. The molecule has 2 aromatic rings. The summed E-state index contributed by atoms with van der Waals surface area (Å²) in [4.78, 5) is 12.4. The highest BCUT2D eigenvalue weighted by atomic mass is 16.5. The SMILES string of the molecule is CCCCCCCCOc1ccc(C2C=CC(C(=O)[O-])(c3ccccc3OCCCCCC)C=C2)cc1. The smallest absolute Gasteiger partial charge is 0.124 e. The van der Waals surface area contributed by atoms with E-state index in [1.54, 1.807) is 12.2 Å². The third-order valence-corrected chi connectivity index (χ3v) is 7.09. The van der Waals surface area contributed by atoms with Gasteiger partial charge < -0.3 is 19.4 Å². The van der Waals surface area contributed by atoms with Crippen LogP contribution < -0.4 is 14.6 Å². The fourth-order valence-corrected chi connectivity index (χ4v) is 4.78. The molecule has 1 aliphatic carbocycles. The molecule has 0 aromatic heterocycles. The zero-order valence-corrected chi connectivity index (χ0v) is 22.6. The second kappa shape index (κ2) is 15.3. The highest BCUT2D eigenvalue weighted by Gasteiger charge is 2.34. The van der Waals surface area contributed by atoms with Gasteiger partial charge in [-0.1, -0.05) is 120 Å². The number of benzene rings is 2. The maximum atomic E-state index is 12.4. The van der Waals surface area contributed by atoms with E-state index in [1.807, 2.05) is 48.6 Å². The van der Waals surface area contributed by atoms with Gasteiger partial charge in [0.05, 0.1) is 24.6 Å². The van der Waals surface area contributed by atoms with Crippen molar-refractivity contribution in [2.24, 2.45) is 0 Å². The summed E-state index contributed by atoms with van der Waals surface area (Å²) in [6.45, 7) is 5.72. The fourth-order valence-electron chi connectivity index (χ4n) is 4.78. The monoisotopic (exact) mass is 503 g/mol. The Morgan fingerprint density at radius 1 is 0.757 bits per heavy atom. The normalized spacial score (nSPS) is 18.6. The topological polar surface area (TPSA) is 58.6 Å². The van der Waals surface area contributed by atoms with Crippen molar-refractivity contribution in [1.82, 2.24) is 0 Å². The van der Waals surface area contributed by atoms with Crippen LogP contribution in [0.15, 0.2) is 72.8 Å². The van der Waals surface area contributed by atoms with E-state index in [-0.39, 0.29) is 5.92 Å². The van der Waals surface area contributed by atoms with Crippen LogP contribution in [0, 0.1) is 0 Å². The first kappa shape index (κ1) is 28.6. The molecule has 0 amide bonds. The van der Waals surface area contributed by atoms with Crippen molar-refractivity contribution in [3.8, 4) is 11.5 Å². The summed E-state index contributed by atoms with van der Waals surface area (Å²) >= 11 is 0. The average Bonchev–Trinajstić information content (AvgIpc) is 2.93. The van der Waals surface area contributed by atoms with Gasteiger partial charge in [-0.3, -0.25) is 0 Å². The molecule has 2 aromatic carbocycles. The van der Waals surface area contributed by atoms with Crippen molar-refractivity contribution in [2.75, 3.05) is 13.2 Å². The zero-order chi connectivity index (χ0) is 26.3. The lowest BCUT2D eigenvalue weighted by atomic mass is 9.74. The second-order valence-electron chi connectivity index (χ2n) is 9.99. The van der Waals surface area contributed by atoms with E-state index >= 15 is 0 Å². The number of para-hydroxylation sites is 1. The molecule has 0 radical (unpaired) electrons. The van der Waals surface area contributed by atoms with Gasteiger partial charge in [-0.2, -0.15) is 0 Å². The lowest BCUT2D eigenvalue weighted by molar-refractivity contribution is -0.310. The first-order valence-electron chi connectivity index (χ1n) is 14.2. The summed E-state index contributed by atoms with van der Waals surface area (Å²) < 4.78 is 11.9. The van der Waals surface area contributed by atoms with Gasteiger partial charge in [-0.25, -0.2) is 0 Å². The summed E-state index contributed by atoms with van der Waals surface area (Å²) in [5.74, 6) is 0.305. The van der Waals surface area contributed by atoms with Crippen molar-refractivity contribution >= 4 is 5.97 Å². The van der Waals surface area contributed by atoms with E-state index in [4.69, 9.17) is 9.47 Å². The molecule has 4 heteroatoms. The summed E-state index contributed by atoms with van der Waals surface area (Å²) in [7, 11) is 0. The summed E-state index contributed by atoms with van der Waals surface area (Å²) in [6, 6.07) is 15.5. The summed E-state index contributed by atoms with van der Waals surface area (Å²) in [5.41, 5.74) is 0.346. The molecule has 0 unspecified atom stereocenters. The number of carboxylic acid groups (broad SMARTS) is 1. The molecule has 37 heavy (non-hydrogen) atoms. The van der Waals surface area contributed by atoms with Gasteiger partial charge in [0.25, 0.3) is 0 Å². The molecule has 3 rings (SSSR count). The maximum absolute atomic E-state index is 12.4. The Morgan fingerprint density at radius 2 is 1.32 bits per heavy atom. The lowest BCUT2D eigenvalue weighted by Crippen LogP contribution is -2.44. The number of unbranched alkanes of at least 4 members (excludes halogenated alkanes) is 8. The highest BCUT2D eigenvalue weighted by molar-refractivity contribution is 5.87. The molecule has 0 saturated carbocycles. The van der Waals surface area contributed by atoms with Gasteiger partial charge in [0, 0.05) is 11.5 Å². The molecule has 4 nitrogen and oxygen atoms in total. The number of ether oxygens (including phenoxy) is 2. The molecule has 0 bridgehead atoms. The molecule has 0 heterocycles. The van der Waals surface area contributed by atoms with Crippen LogP contribution in [0.3, 0.4) is 0 Å². The van der Waals surface area contributed by atoms with E-state index in [0.717, 1.165) is 43.6 Å². The Morgan fingerprint density at radius 3 is 1.97 bits per heavy atom. The quantitative estimate of drug-likeness (QED) is 0.168. The van der Waals surface area contributed by atoms with E-state index in [2.05, 4.69) is 26.0 Å². The Kier molecular flexibility index (Phi) is 11.8. The molecule has 0 atom stereocenters. The van der Waals surface area contributed by atoms with Crippen molar-refractivity contribution in [2.45, 2.75) is 89.4 Å². The number of hydrogen-bond donors (Lipinski definition) is 0. The number of carbonyl (C=O) groups is 1. The summed E-state index contributed by atoms with van der Waals surface area (Å²) in [6.07, 6.45) is 19.2. The van der Waals surface area contributed by atoms with E-state index in [9.17, 15) is 9.90 Å². The third kappa shape index (κ3) is 8.24. The lowest BCUT2D eigenvalue weighted by Gasteiger charge is -2.34. The van der Waals surface area contributed by atoms with Crippen LogP contribution in [0.25, 0.3) is 0 Å². The third-order valence-electron chi connectivity index (χ3n) is 7.09. The van der Waals surface area contributed by atoms with Crippen LogP contribution >= 0.6 is 0 Å². The van der Waals surface area contributed by atoms with Gasteiger partial charge in [0.1, 0.15) is 11.5 Å². The second-order valence-corrected chi connectivity index (χ2v) is 9.99. The van der Waals surface area contributed by atoms with E-state index < -0.39 is 11.4 Å². The molecule has 0 fully saturated rings. The molecular formula is C33H43O4-. The molecule has 1 aliphatic rings. The van der Waals surface area contributed by atoms with Gasteiger partial charge in [0.2, 0.25) is 0 Å². The van der Waals surface area contributed by atoms with Crippen LogP contribution in [0.1, 0.15) is 95.1 Å². The Bertz CT molecular complexity index is 991. The number of carboxylic acids is 1. The molecule has 0 saturated heterocycles. The largest absolute Gasteiger partial charge is 0.548 e. The van der Waals surface area contributed by atoms with Gasteiger partial charge in [-0.05, 0) is 36.6 Å². The minimum Gasteiger partial charge on any atom is -0.548 e. The minimum absolute atomic E-state index is 0.0118. The molecule has 0 aliphatic heterocycles. The van der Waals surface area contributed by atoms with Gasteiger partial charge in [-0.15, -0.1) is 0 Å². The number of aliphatic carboxylic acids is 1. The Balaban J connectivity index is 1.61. The molecular weight excluding hydrogens is 460 g/mol. The fraction of sp³-hybridized carbons (Fsp3) is 0.485. The maximum Gasteiger partial charge on any atom is 0.124 e. The van der Waals surface area contributed by atoms with E-state index in [1.165, 1.54) is 38.5 Å². The minimum atomic E-state index is -1.35. The van der Waals surface area contributed by atoms with Gasteiger partial charge >= 0.3 is 0 Å². The van der Waals surface area contributed by atoms with E-state index in [0.29, 0.717) is 17.9 Å². The van der Waals surface area contributed by atoms with Gasteiger partial charge in [0.15, 0.2) is 0 Å². The van der Waals surface area contributed by atoms with Crippen LogP contribution in [0.4, 0.5) is 0 Å². The molecule has 0 spiro atoms. The van der Waals surface area contributed by atoms with Crippen LogP contribution in [-0.4, -0.2) is 19.2 Å². The van der Waals surface area contributed by atoms with Crippen LogP contribution in [0.2, 0.25) is 0 Å². The zero-order valence-electron chi connectivity index (χ0n) is 22.6.